The van der Waals surface area contributed by atoms with E-state index in [0.717, 1.165) is 6.42 Å². The zero-order valence-corrected chi connectivity index (χ0v) is 11.9. The van der Waals surface area contributed by atoms with Crippen LogP contribution in [0, 0.1) is 5.92 Å². The van der Waals surface area contributed by atoms with E-state index < -0.39 is 5.97 Å². The van der Waals surface area contributed by atoms with Crippen LogP contribution < -0.4 is 5.32 Å². The maximum atomic E-state index is 12.0. The van der Waals surface area contributed by atoms with Crippen molar-refractivity contribution in [2.24, 2.45) is 5.92 Å². The molecule has 0 saturated heterocycles. The van der Waals surface area contributed by atoms with Crippen LogP contribution in [0.3, 0.4) is 0 Å². The van der Waals surface area contributed by atoms with Crippen molar-refractivity contribution in [3.8, 4) is 0 Å². The maximum absolute atomic E-state index is 12.0. The summed E-state index contributed by atoms with van der Waals surface area (Å²) >= 11 is 0. The molecule has 0 aliphatic heterocycles. The van der Waals surface area contributed by atoms with Gasteiger partial charge in [0.05, 0.1) is 12.7 Å². The summed E-state index contributed by atoms with van der Waals surface area (Å²) in [6.07, 6.45) is 0.936. The summed E-state index contributed by atoms with van der Waals surface area (Å²) in [7, 11) is 1.33. The second-order valence-electron chi connectivity index (χ2n) is 5.07. The van der Waals surface area contributed by atoms with Crippen molar-refractivity contribution < 1.29 is 14.3 Å². The average molecular weight is 263 g/mol. The number of amides is 1. The number of hydrogen-bond donors (Lipinski definition) is 1. The lowest BCUT2D eigenvalue weighted by Gasteiger charge is -2.16. The van der Waals surface area contributed by atoms with Gasteiger partial charge in [-0.15, -0.1) is 0 Å². The van der Waals surface area contributed by atoms with Gasteiger partial charge in [-0.25, -0.2) is 4.79 Å². The molecule has 1 aromatic carbocycles. The number of hydrogen-bond acceptors (Lipinski definition) is 3. The van der Waals surface area contributed by atoms with Gasteiger partial charge in [-0.2, -0.15) is 0 Å². The van der Waals surface area contributed by atoms with Crippen molar-refractivity contribution in [1.82, 2.24) is 5.32 Å². The normalized spacial score (nSPS) is 12.1. The van der Waals surface area contributed by atoms with E-state index in [2.05, 4.69) is 23.9 Å². The Morgan fingerprint density at radius 1 is 1.11 bits per heavy atom. The molecule has 4 nitrogen and oxygen atoms in total. The molecule has 4 heteroatoms. The third kappa shape index (κ3) is 4.73. The van der Waals surface area contributed by atoms with Gasteiger partial charge in [0.2, 0.25) is 0 Å². The number of methoxy groups -OCH3 is 1. The number of esters is 1. The van der Waals surface area contributed by atoms with E-state index in [1.165, 1.54) is 7.11 Å². The molecular weight excluding hydrogens is 242 g/mol. The number of carbonyl (C=O) groups is 2. The smallest absolute Gasteiger partial charge is 0.337 e. The first-order chi connectivity index (χ1) is 8.93. The van der Waals surface area contributed by atoms with Gasteiger partial charge >= 0.3 is 5.97 Å². The SMILES string of the molecule is COC(=O)c1ccc(C(=O)N[C@H](C)CC(C)C)cc1. The van der Waals surface area contributed by atoms with Crippen molar-refractivity contribution in [3.05, 3.63) is 35.4 Å². The molecule has 1 aromatic rings. The van der Waals surface area contributed by atoms with Crippen molar-refractivity contribution in [2.45, 2.75) is 33.2 Å². The lowest BCUT2D eigenvalue weighted by Crippen LogP contribution is -2.33. The Morgan fingerprint density at radius 3 is 2.11 bits per heavy atom. The fourth-order valence-electron chi connectivity index (χ4n) is 1.95. The Balaban J connectivity index is 2.65. The highest BCUT2D eigenvalue weighted by Gasteiger charge is 2.12. The first kappa shape index (κ1) is 15.2. The Labute approximate surface area is 114 Å². The van der Waals surface area contributed by atoms with E-state index in [1.807, 2.05) is 6.92 Å². The summed E-state index contributed by atoms with van der Waals surface area (Å²) in [5, 5.41) is 2.94. The number of nitrogens with one attached hydrogen (secondary N) is 1. The van der Waals surface area contributed by atoms with Crippen LogP contribution in [0.2, 0.25) is 0 Å². The molecule has 0 aliphatic carbocycles. The molecular formula is C15H21NO3. The van der Waals surface area contributed by atoms with Crippen molar-refractivity contribution >= 4 is 11.9 Å². The zero-order chi connectivity index (χ0) is 14.4. The predicted molar refractivity (Wildman–Crippen MR) is 74.2 cm³/mol. The second-order valence-corrected chi connectivity index (χ2v) is 5.07. The largest absolute Gasteiger partial charge is 0.465 e. The van der Waals surface area contributed by atoms with E-state index in [9.17, 15) is 9.59 Å². The molecule has 0 aliphatic rings. The highest BCUT2D eigenvalue weighted by atomic mass is 16.5. The Kier molecular flexibility index (Phi) is 5.55. The Morgan fingerprint density at radius 2 is 1.63 bits per heavy atom. The van der Waals surface area contributed by atoms with Crippen LogP contribution >= 0.6 is 0 Å². The zero-order valence-electron chi connectivity index (χ0n) is 11.9. The van der Waals surface area contributed by atoms with E-state index >= 15 is 0 Å². The molecule has 0 unspecified atom stereocenters. The lowest BCUT2D eigenvalue weighted by atomic mass is 10.0. The number of carbonyl (C=O) groups excluding carboxylic acids is 2. The molecule has 0 spiro atoms. The van der Waals surface area contributed by atoms with Gasteiger partial charge < -0.3 is 10.1 Å². The average Bonchev–Trinajstić information content (AvgIpc) is 2.36. The van der Waals surface area contributed by atoms with E-state index in [1.54, 1.807) is 24.3 Å². The van der Waals surface area contributed by atoms with Gasteiger partial charge in [0.15, 0.2) is 0 Å². The molecule has 1 atom stereocenters. The minimum Gasteiger partial charge on any atom is -0.465 e. The van der Waals surface area contributed by atoms with Crippen molar-refractivity contribution in [2.75, 3.05) is 7.11 Å². The predicted octanol–water partition coefficient (Wildman–Crippen LogP) is 2.64. The van der Waals surface area contributed by atoms with Gasteiger partial charge in [0, 0.05) is 11.6 Å². The number of ether oxygens (including phenoxy) is 1. The minimum absolute atomic E-state index is 0.121. The van der Waals surface area contributed by atoms with Crippen LogP contribution in [0.15, 0.2) is 24.3 Å². The molecule has 19 heavy (non-hydrogen) atoms. The highest BCUT2D eigenvalue weighted by Crippen LogP contribution is 2.08. The quantitative estimate of drug-likeness (QED) is 0.831. The highest BCUT2D eigenvalue weighted by molar-refractivity contribution is 5.96. The lowest BCUT2D eigenvalue weighted by molar-refractivity contribution is 0.0600. The first-order valence-corrected chi connectivity index (χ1v) is 6.43. The summed E-state index contributed by atoms with van der Waals surface area (Å²) in [6, 6.07) is 6.57. The van der Waals surface area contributed by atoms with Crippen LogP contribution in [-0.4, -0.2) is 25.0 Å². The number of rotatable bonds is 5. The molecule has 1 N–H and O–H groups in total. The topological polar surface area (TPSA) is 55.4 Å². The molecule has 0 fully saturated rings. The van der Waals surface area contributed by atoms with Gasteiger partial charge in [0.25, 0.3) is 5.91 Å². The summed E-state index contributed by atoms with van der Waals surface area (Å²) < 4.78 is 4.61. The molecule has 0 saturated carbocycles. The molecule has 1 rings (SSSR count). The van der Waals surface area contributed by atoms with Gasteiger partial charge in [0.1, 0.15) is 0 Å². The van der Waals surface area contributed by atoms with Gasteiger partial charge in [-0.1, -0.05) is 13.8 Å². The second kappa shape index (κ2) is 6.92. The molecule has 104 valence electrons. The fraction of sp³-hybridized carbons (Fsp3) is 0.467. The maximum Gasteiger partial charge on any atom is 0.337 e. The Hall–Kier alpha value is -1.84. The number of benzene rings is 1. The first-order valence-electron chi connectivity index (χ1n) is 6.43. The van der Waals surface area contributed by atoms with Crippen LogP contribution in [0.25, 0.3) is 0 Å². The van der Waals surface area contributed by atoms with Crippen molar-refractivity contribution in [3.63, 3.8) is 0 Å². The van der Waals surface area contributed by atoms with Crippen LogP contribution in [0.1, 0.15) is 47.9 Å². The van der Waals surface area contributed by atoms with Crippen molar-refractivity contribution in [1.29, 1.82) is 0 Å². The van der Waals surface area contributed by atoms with E-state index in [-0.39, 0.29) is 11.9 Å². The van der Waals surface area contributed by atoms with E-state index in [0.29, 0.717) is 17.0 Å². The molecule has 0 radical (unpaired) electrons. The molecule has 0 aromatic heterocycles. The standard InChI is InChI=1S/C15H21NO3/c1-10(2)9-11(3)16-14(17)12-5-7-13(8-6-12)15(18)19-4/h5-8,10-11H,9H2,1-4H3,(H,16,17)/t11-/m1/s1. The minimum atomic E-state index is -0.403. The Bertz CT molecular complexity index is 437. The third-order valence-corrected chi connectivity index (χ3v) is 2.77. The monoisotopic (exact) mass is 263 g/mol. The summed E-state index contributed by atoms with van der Waals surface area (Å²) in [4.78, 5) is 23.2. The van der Waals surface area contributed by atoms with Crippen LogP contribution in [0.5, 0.6) is 0 Å². The van der Waals surface area contributed by atoms with E-state index in [4.69, 9.17) is 0 Å². The summed E-state index contributed by atoms with van der Waals surface area (Å²) in [5.74, 6) is 0.0155. The van der Waals surface area contributed by atoms with Gasteiger partial charge in [-0.05, 0) is 43.5 Å². The summed E-state index contributed by atoms with van der Waals surface area (Å²) in [6.45, 7) is 6.22. The third-order valence-electron chi connectivity index (χ3n) is 2.77. The molecule has 0 heterocycles. The fourth-order valence-corrected chi connectivity index (χ4v) is 1.95. The van der Waals surface area contributed by atoms with Crippen LogP contribution in [-0.2, 0) is 4.74 Å². The van der Waals surface area contributed by atoms with Gasteiger partial charge in [-0.3, -0.25) is 4.79 Å². The summed E-state index contributed by atoms with van der Waals surface area (Å²) in [5.41, 5.74) is 0.984. The van der Waals surface area contributed by atoms with Crippen LogP contribution in [0.4, 0.5) is 0 Å². The molecule has 0 bridgehead atoms. The molecule has 1 amide bonds.